The van der Waals surface area contributed by atoms with Crippen LogP contribution in [0.2, 0.25) is 0 Å². The molecule has 0 saturated carbocycles. The molecule has 1 aromatic rings. The van der Waals surface area contributed by atoms with Gasteiger partial charge in [0.05, 0.1) is 26.4 Å². The smallest absolute Gasteiger partial charge is 0.255 e. The summed E-state index contributed by atoms with van der Waals surface area (Å²) in [5, 5.41) is 0. The molecule has 5 heteroatoms. The van der Waals surface area contributed by atoms with E-state index >= 15 is 0 Å². The molecule has 2 rings (SSSR count). The van der Waals surface area contributed by atoms with E-state index in [0.29, 0.717) is 19.8 Å². The van der Waals surface area contributed by atoms with Gasteiger partial charge in [0.25, 0.3) is 5.91 Å². The molecule has 4 nitrogen and oxygen atoms in total. The maximum Gasteiger partial charge on any atom is 0.255 e. The molecule has 1 saturated heterocycles. The maximum absolute atomic E-state index is 12.9. The molecule has 1 aliphatic heterocycles. The van der Waals surface area contributed by atoms with Crippen LogP contribution in [0.3, 0.4) is 0 Å². The van der Waals surface area contributed by atoms with E-state index in [1.165, 1.54) is 17.0 Å². The second-order valence-corrected chi connectivity index (χ2v) is 4.46. The van der Waals surface area contributed by atoms with E-state index in [1.807, 2.05) is 0 Å². The number of amides is 1. The molecule has 1 aromatic carbocycles. The van der Waals surface area contributed by atoms with Gasteiger partial charge in [-0.3, -0.25) is 4.79 Å². The van der Waals surface area contributed by atoms with Crippen molar-refractivity contribution >= 4 is 5.91 Å². The molecular weight excluding hydrogens is 261 g/mol. The highest BCUT2D eigenvalue weighted by Gasteiger charge is 2.27. The third-order valence-electron chi connectivity index (χ3n) is 2.97. The molecule has 0 N–H and O–H groups in total. The van der Waals surface area contributed by atoms with Crippen molar-refractivity contribution in [3.05, 3.63) is 35.6 Å². The summed E-state index contributed by atoms with van der Waals surface area (Å²) in [6, 6.07) is 5.97. The van der Waals surface area contributed by atoms with E-state index in [0.717, 1.165) is 5.56 Å². The van der Waals surface area contributed by atoms with Crippen molar-refractivity contribution in [2.75, 3.05) is 26.4 Å². The molecule has 1 fully saturated rings. The van der Waals surface area contributed by atoms with E-state index in [-0.39, 0.29) is 24.9 Å². The van der Waals surface area contributed by atoms with E-state index in [2.05, 4.69) is 5.92 Å². The van der Waals surface area contributed by atoms with Crippen molar-refractivity contribution in [2.45, 2.75) is 12.6 Å². The lowest BCUT2D eigenvalue weighted by atomic mass is 10.2. The Morgan fingerprint density at radius 3 is 2.75 bits per heavy atom. The van der Waals surface area contributed by atoms with Crippen molar-refractivity contribution in [2.24, 2.45) is 0 Å². The summed E-state index contributed by atoms with van der Waals surface area (Å²) in [5.74, 6) is 1.94. The van der Waals surface area contributed by atoms with Crippen LogP contribution in [0.15, 0.2) is 24.3 Å². The molecule has 0 aliphatic carbocycles. The molecule has 20 heavy (non-hydrogen) atoms. The Labute approximate surface area is 117 Å². The molecule has 0 spiro atoms. The van der Waals surface area contributed by atoms with Gasteiger partial charge in [-0.15, -0.1) is 6.42 Å². The van der Waals surface area contributed by atoms with Gasteiger partial charge in [0.15, 0.2) is 6.10 Å². The van der Waals surface area contributed by atoms with Crippen LogP contribution < -0.4 is 0 Å². The number of halogens is 1. The van der Waals surface area contributed by atoms with E-state index < -0.39 is 6.10 Å². The highest BCUT2D eigenvalue weighted by atomic mass is 19.1. The molecular formula is C15H16FNO3. The summed E-state index contributed by atoms with van der Waals surface area (Å²) in [6.45, 7) is 1.64. The third-order valence-corrected chi connectivity index (χ3v) is 2.97. The summed E-state index contributed by atoms with van der Waals surface area (Å²) in [5.41, 5.74) is 0.812. The number of terminal acetylenes is 1. The fourth-order valence-electron chi connectivity index (χ4n) is 1.97. The highest BCUT2D eigenvalue weighted by molar-refractivity contribution is 5.81. The average Bonchev–Trinajstić information content (AvgIpc) is 2.49. The Morgan fingerprint density at radius 1 is 1.40 bits per heavy atom. The van der Waals surface area contributed by atoms with Crippen LogP contribution in [-0.2, 0) is 20.8 Å². The second kappa shape index (κ2) is 7.04. The van der Waals surface area contributed by atoms with Crippen LogP contribution in [0.1, 0.15) is 5.56 Å². The monoisotopic (exact) mass is 277 g/mol. The summed E-state index contributed by atoms with van der Waals surface area (Å²) < 4.78 is 23.5. The second-order valence-electron chi connectivity index (χ2n) is 4.46. The highest BCUT2D eigenvalue weighted by Crippen LogP contribution is 2.11. The molecule has 1 atom stereocenters. The largest absolute Gasteiger partial charge is 0.376 e. The first-order chi connectivity index (χ1) is 9.70. The van der Waals surface area contributed by atoms with Crippen molar-refractivity contribution < 1.29 is 18.7 Å². The Hall–Kier alpha value is -1.90. The zero-order valence-corrected chi connectivity index (χ0v) is 11.0. The van der Waals surface area contributed by atoms with Crippen molar-refractivity contribution in [1.29, 1.82) is 0 Å². The average molecular weight is 277 g/mol. The van der Waals surface area contributed by atoms with E-state index in [1.54, 1.807) is 12.1 Å². The fourth-order valence-corrected chi connectivity index (χ4v) is 1.97. The minimum Gasteiger partial charge on any atom is -0.376 e. The van der Waals surface area contributed by atoms with Gasteiger partial charge in [0.1, 0.15) is 5.82 Å². The van der Waals surface area contributed by atoms with Gasteiger partial charge in [0.2, 0.25) is 0 Å². The molecule has 0 radical (unpaired) electrons. The Kier molecular flexibility index (Phi) is 5.10. The molecule has 1 aliphatic rings. The zero-order chi connectivity index (χ0) is 14.4. The summed E-state index contributed by atoms with van der Waals surface area (Å²) in [7, 11) is 0. The first kappa shape index (κ1) is 14.5. The first-order valence-corrected chi connectivity index (χ1v) is 6.36. The lowest BCUT2D eigenvalue weighted by Gasteiger charge is -2.28. The first-order valence-electron chi connectivity index (χ1n) is 6.36. The topological polar surface area (TPSA) is 38.8 Å². The maximum atomic E-state index is 12.9. The molecule has 1 amide bonds. The minimum absolute atomic E-state index is 0.177. The lowest BCUT2D eigenvalue weighted by Crippen LogP contribution is -2.45. The standard InChI is InChI=1S/C15H16FNO3/c1-2-7-17(10-12-3-5-13(16)6-4-12)15(18)14-11-19-8-9-20-14/h1,3-6,14H,7-11H2/t14-/m1/s1. The van der Waals surface area contributed by atoms with Crippen molar-refractivity contribution in [3.63, 3.8) is 0 Å². The molecule has 0 aromatic heterocycles. The van der Waals surface area contributed by atoms with Gasteiger partial charge < -0.3 is 14.4 Å². The van der Waals surface area contributed by atoms with Gasteiger partial charge in [-0.25, -0.2) is 4.39 Å². The van der Waals surface area contributed by atoms with Crippen LogP contribution in [0, 0.1) is 18.2 Å². The Bertz CT molecular complexity index is 489. The zero-order valence-electron chi connectivity index (χ0n) is 11.0. The number of hydrogen-bond donors (Lipinski definition) is 0. The Morgan fingerprint density at radius 2 is 2.15 bits per heavy atom. The lowest BCUT2D eigenvalue weighted by molar-refractivity contribution is -0.157. The number of nitrogens with zero attached hydrogens (tertiary/aromatic N) is 1. The number of ether oxygens (including phenoxy) is 2. The number of benzene rings is 1. The van der Waals surface area contributed by atoms with Gasteiger partial charge in [-0.2, -0.15) is 0 Å². The fraction of sp³-hybridized carbons (Fsp3) is 0.400. The van der Waals surface area contributed by atoms with Crippen LogP contribution in [0.4, 0.5) is 4.39 Å². The quantitative estimate of drug-likeness (QED) is 0.776. The SMILES string of the molecule is C#CCN(Cc1ccc(F)cc1)C(=O)[C@H]1COCCO1. The van der Waals surface area contributed by atoms with Crippen LogP contribution in [0.5, 0.6) is 0 Å². The molecule has 0 unspecified atom stereocenters. The number of carbonyl (C=O) groups is 1. The van der Waals surface area contributed by atoms with Gasteiger partial charge in [-0.1, -0.05) is 18.1 Å². The summed E-state index contributed by atoms with van der Waals surface area (Å²) in [4.78, 5) is 13.8. The molecule has 0 bridgehead atoms. The van der Waals surface area contributed by atoms with Gasteiger partial charge in [0, 0.05) is 6.54 Å². The third kappa shape index (κ3) is 3.80. The molecule has 1 heterocycles. The van der Waals surface area contributed by atoms with Gasteiger partial charge in [-0.05, 0) is 17.7 Å². The van der Waals surface area contributed by atoms with Crippen molar-refractivity contribution in [3.8, 4) is 12.3 Å². The summed E-state index contributed by atoms with van der Waals surface area (Å²) >= 11 is 0. The van der Waals surface area contributed by atoms with Crippen molar-refractivity contribution in [1.82, 2.24) is 4.90 Å². The minimum atomic E-state index is -0.613. The Balaban J connectivity index is 2.04. The van der Waals surface area contributed by atoms with Crippen LogP contribution in [-0.4, -0.2) is 43.3 Å². The van der Waals surface area contributed by atoms with Crippen LogP contribution in [0.25, 0.3) is 0 Å². The summed E-state index contributed by atoms with van der Waals surface area (Å²) in [6.07, 6.45) is 4.69. The molecule has 106 valence electrons. The van der Waals surface area contributed by atoms with E-state index in [9.17, 15) is 9.18 Å². The number of hydrogen-bond acceptors (Lipinski definition) is 3. The normalized spacial score (nSPS) is 18.3. The number of carbonyl (C=O) groups excluding carboxylic acids is 1. The number of rotatable bonds is 4. The van der Waals surface area contributed by atoms with Crippen LogP contribution >= 0.6 is 0 Å². The van der Waals surface area contributed by atoms with Gasteiger partial charge >= 0.3 is 0 Å². The predicted molar refractivity (Wildman–Crippen MR) is 71.2 cm³/mol. The predicted octanol–water partition coefficient (Wildman–Crippen LogP) is 1.20. The van der Waals surface area contributed by atoms with E-state index in [4.69, 9.17) is 15.9 Å².